The van der Waals surface area contributed by atoms with Crippen LogP contribution in [0.4, 0.5) is 0 Å². The molecule has 0 aliphatic heterocycles. The van der Waals surface area contributed by atoms with E-state index in [1.54, 1.807) is 0 Å². The van der Waals surface area contributed by atoms with Crippen molar-refractivity contribution in [2.45, 2.75) is 32.6 Å². The van der Waals surface area contributed by atoms with Crippen LogP contribution < -0.4 is 5.32 Å². The van der Waals surface area contributed by atoms with Gasteiger partial charge in [0.25, 0.3) is 0 Å². The van der Waals surface area contributed by atoms with Gasteiger partial charge in [-0.1, -0.05) is 44.2 Å². The topological polar surface area (TPSA) is 12.0 Å². The Bertz CT molecular complexity index is 230. The molecule has 1 unspecified atom stereocenters. The molecule has 0 aliphatic rings. The fourth-order valence-corrected chi connectivity index (χ4v) is 1.57. The monoisotopic (exact) mass is 191 g/mol. The van der Waals surface area contributed by atoms with E-state index in [0.717, 1.165) is 13.1 Å². The van der Waals surface area contributed by atoms with E-state index in [-0.39, 0.29) is 0 Å². The summed E-state index contributed by atoms with van der Waals surface area (Å²) >= 11 is 0. The molecule has 1 N–H and O–H groups in total. The number of hydrogen-bond acceptors (Lipinski definition) is 1. The Labute approximate surface area is 87.5 Å². The van der Waals surface area contributed by atoms with Gasteiger partial charge in [0.05, 0.1) is 0 Å². The zero-order valence-corrected chi connectivity index (χ0v) is 9.29. The summed E-state index contributed by atoms with van der Waals surface area (Å²) in [7, 11) is 0. The maximum absolute atomic E-state index is 3.44. The third-order valence-electron chi connectivity index (χ3n) is 2.55. The van der Waals surface area contributed by atoms with Crippen LogP contribution in [0.1, 0.15) is 38.2 Å². The van der Waals surface area contributed by atoms with E-state index in [9.17, 15) is 0 Å². The molecule has 0 aromatic heterocycles. The van der Waals surface area contributed by atoms with Crippen LogP contribution in [-0.4, -0.2) is 13.1 Å². The average Bonchev–Trinajstić information content (AvgIpc) is 2.25. The van der Waals surface area contributed by atoms with Crippen molar-refractivity contribution in [1.29, 1.82) is 0 Å². The Morgan fingerprint density at radius 1 is 1.14 bits per heavy atom. The van der Waals surface area contributed by atoms with Gasteiger partial charge in [0.1, 0.15) is 0 Å². The first kappa shape index (κ1) is 11.3. The second-order valence-electron chi connectivity index (χ2n) is 3.85. The van der Waals surface area contributed by atoms with Gasteiger partial charge < -0.3 is 5.32 Å². The molecule has 1 heteroatoms. The van der Waals surface area contributed by atoms with Crippen molar-refractivity contribution in [2.75, 3.05) is 13.1 Å². The Kier molecular flexibility index (Phi) is 5.31. The van der Waals surface area contributed by atoms with Crippen molar-refractivity contribution in [3.8, 4) is 0 Å². The lowest BCUT2D eigenvalue weighted by Gasteiger charge is -2.11. The molecule has 0 heterocycles. The Balaban J connectivity index is 2.25. The summed E-state index contributed by atoms with van der Waals surface area (Å²) in [6.45, 7) is 6.77. The zero-order chi connectivity index (χ0) is 10.2. The minimum absolute atomic E-state index is 0.667. The SMILES string of the molecule is CCCNCCC(C)c1ccccc1. The van der Waals surface area contributed by atoms with Crippen LogP contribution in [0.5, 0.6) is 0 Å². The Hall–Kier alpha value is -0.820. The van der Waals surface area contributed by atoms with Gasteiger partial charge in [0, 0.05) is 0 Å². The van der Waals surface area contributed by atoms with Gasteiger partial charge in [-0.25, -0.2) is 0 Å². The van der Waals surface area contributed by atoms with Crippen molar-refractivity contribution < 1.29 is 0 Å². The standard InChI is InChI=1S/C13H21N/c1-3-10-14-11-9-12(2)13-7-5-4-6-8-13/h4-8,12,14H,3,9-11H2,1-2H3. The second kappa shape index (κ2) is 6.61. The lowest BCUT2D eigenvalue weighted by Crippen LogP contribution is -2.17. The predicted molar refractivity (Wildman–Crippen MR) is 62.6 cm³/mol. The van der Waals surface area contributed by atoms with E-state index >= 15 is 0 Å². The highest BCUT2D eigenvalue weighted by Gasteiger charge is 2.03. The molecular weight excluding hydrogens is 170 g/mol. The van der Waals surface area contributed by atoms with Crippen LogP contribution in [-0.2, 0) is 0 Å². The summed E-state index contributed by atoms with van der Waals surface area (Å²) in [6, 6.07) is 10.7. The maximum Gasteiger partial charge on any atom is -0.00432 e. The first-order chi connectivity index (χ1) is 6.84. The van der Waals surface area contributed by atoms with Crippen molar-refractivity contribution >= 4 is 0 Å². The molecule has 0 bridgehead atoms. The summed E-state index contributed by atoms with van der Waals surface area (Å²) < 4.78 is 0. The molecule has 0 amide bonds. The third-order valence-corrected chi connectivity index (χ3v) is 2.55. The third kappa shape index (κ3) is 3.93. The van der Waals surface area contributed by atoms with Crippen molar-refractivity contribution in [3.63, 3.8) is 0 Å². The second-order valence-corrected chi connectivity index (χ2v) is 3.85. The average molecular weight is 191 g/mol. The molecule has 0 aliphatic carbocycles. The predicted octanol–water partition coefficient (Wildman–Crippen LogP) is 3.18. The van der Waals surface area contributed by atoms with Gasteiger partial charge in [0.2, 0.25) is 0 Å². The lowest BCUT2D eigenvalue weighted by molar-refractivity contribution is 0.591. The normalized spacial score (nSPS) is 12.7. The smallest absolute Gasteiger partial charge is 0.00432 e. The molecule has 0 spiro atoms. The van der Waals surface area contributed by atoms with Crippen LogP contribution in [0.25, 0.3) is 0 Å². The first-order valence-corrected chi connectivity index (χ1v) is 5.60. The summed E-state index contributed by atoms with van der Waals surface area (Å²) in [6.07, 6.45) is 2.45. The lowest BCUT2D eigenvalue weighted by atomic mass is 9.98. The first-order valence-electron chi connectivity index (χ1n) is 5.60. The molecule has 1 rings (SSSR count). The highest BCUT2D eigenvalue weighted by molar-refractivity contribution is 5.18. The van der Waals surface area contributed by atoms with Crippen LogP contribution >= 0.6 is 0 Å². The largest absolute Gasteiger partial charge is 0.317 e. The number of nitrogens with one attached hydrogen (secondary N) is 1. The van der Waals surface area contributed by atoms with E-state index in [1.165, 1.54) is 18.4 Å². The molecule has 1 aromatic carbocycles. The van der Waals surface area contributed by atoms with E-state index in [2.05, 4.69) is 49.5 Å². The van der Waals surface area contributed by atoms with Gasteiger partial charge in [-0.2, -0.15) is 0 Å². The molecule has 1 nitrogen and oxygen atoms in total. The molecule has 0 radical (unpaired) electrons. The molecule has 1 atom stereocenters. The van der Waals surface area contributed by atoms with Gasteiger partial charge in [-0.05, 0) is 37.4 Å². The highest BCUT2D eigenvalue weighted by atomic mass is 14.8. The molecule has 1 aromatic rings. The van der Waals surface area contributed by atoms with E-state index in [4.69, 9.17) is 0 Å². The summed E-state index contributed by atoms with van der Waals surface area (Å²) in [5.41, 5.74) is 1.45. The van der Waals surface area contributed by atoms with Crippen molar-refractivity contribution in [3.05, 3.63) is 35.9 Å². The van der Waals surface area contributed by atoms with Crippen LogP contribution in [0, 0.1) is 0 Å². The summed E-state index contributed by atoms with van der Waals surface area (Å²) in [4.78, 5) is 0. The maximum atomic E-state index is 3.44. The van der Waals surface area contributed by atoms with Gasteiger partial charge in [0.15, 0.2) is 0 Å². The molecule has 14 heavy (non-hydrogen) atoms. The van der Waals surface area contributed by atoms with E-state index in [1.807, 2.05) is 0 Å². The van der Waals surface area contributed by atoms with Crippen LogP contribution in [0.15, 0.2) is 30.3 Å². The fourth-order valence-electron chi connectivity index (χ4n) is 1.57. The van der Waals surface area contributed by atoms with E-state index in [0.29, 0.717) is 5.92 Å². The number of rotatable bonds is 6. The summed E-state index contributed by atoms with van der Waals surface area (Å²) in [5, 5.41) is 3.44. The molecular formula is C13H21N. The van der Waals surface area contributed by atoms with Gasteiger partial charge >= 0.3 is 0 Å². The van der Waals surface area contributed by atoms with Gasteiger partial charge in [-0.3, -0.25) is 0 Å². The highest BCUT2D eigenvalue weighted by Crippen LogP contribution is 2.17. The van der Waals surface area contributed by atoms with Crippen molar-refractivity contribution in [1.82, 2.24) is 5.32 Å². The number of hydrogen-bond donors (Lipinski definition) is 1. The van der Waals surface area contributed by atoms with Crippen molar-refractivity contribution in [2.24, 2.45) is 0 Å². The quantitative estimate of drug-likeness (QED) is 0.681. The minimum atomic E-state index is 0.667. The van der Waals surface area contributed by atoms with Crippen LogP contribution in [0.3, 0.4) is 0 Å². The Morgan fingerprint density at radius 3 is 2.50 bits per heavy atom. The Morgan fingerprint density at radius 2 is 1.86 bits per heavy atom. The number of benzene rings is 1. The van der Waals surface area contributed by atoms with Crippen LogP contribution in [0.2, 0.25) is 0 Å². The molecule has 0 saturated carbocycles. The fraction of sp³-hybridized carbons (Fsp3) is 0.538. The van der Waals surface area contributed by atoms with E-state index < -0.39 is 0 Å². The summed E-state index contributed by atoms with van der Waals surface area (Å²) in [5.74, 6) is 0.667. The molecule has 0 saturated heterocycles. The van der Waals surface area contributed by atoms with Gasteiger partial charge in [-0.15, -0.1) is 0 Å². The molecule has 0 fully saturated rings. The minimum Gasteiger partial charge on any atom is -0.317 e. The molecule has 78 valence electrons. The zero-order valence-electron chi connectivity index (χ0n) is 9.29.